The summed E-state index contributed by atoms with van der Waals surface area (Å²) < 4.78 is 0. The highest BCUT2D eigenvalue weighted by atomic mass is 32.1. The Morgan fingerprint density at radius 3 is 2.60 bits per heavy atom. The number of thiazole rings is 1. The van der Waals surface area contributed by atoms with Crippen LogP contribution < -0.4 is 11.1 Å². The molecule has 0 saturated carbocycles. The third-order valence-electron chi connectivity index (χ3n) is 3.23. The first-order valence-corrected chi connectivity index (χ1v) is 7.79. The molecule has 0 atom stereocenters. The molecule has 1 fully saturated rings. The lowest BCUT2D eigenvalue weighted by atomic mass is 10.3. The second-order valence-electron chi connectivity index (χ2n) is 5.44. The van der Waals surface area contributed by atoms with Crippen molar-refractivity contribution in [1.82, 2.24) is 20.1 Å². The number of nitrogens with zero attached hydrogens (tertiary/aromatic N) is 3. The molecule has 0 radical (unpaired) electrons. The Balaban J connectivity index is 1.71. The topological polar surface area (TPSA) is 74.5 Å². The van der Waals surface area contributed by atoms with Crippen molar-refractivity contribution in [2.75, 3.05) is 38.5 Å². The number of carbonyl (C=O) groups is 1. The summed E-state index contributed by atoms with van der Waals surface area (Å²) in [6, 6.07) is 0.209. The minimum Gasteiger partial charge on any atom is -0.375 e. The summed E-state index contributed by atoms with van der Waals surface area (Å²) in [7, 11) is 0. The zero-order valence-corrected chi connectivity index (χ0v) is 12.9. The molecule has 2 heterocycles. The Hall–Kier alpha value is -1.18. The van der Waals surface area contributed by atoms with Gasteiger partial charge < -0.3 is 11.1 Å². The maximum atomic E-state index is 11.7. The van der Waals surface area contributed by atoms with E-state index in [4.69, 9.17) is 5.73 Å². The fourth-order valence-corrected chi connectivity index (χ4v) is 3.02. The molecule has 7 heteroatoms. The lowest BCUT2D eigenvalue weighted by Crippen LogP contribution is -2.49. The Labute approximate surface area is 124 Å². The van der Waals surface area contributed by atoms with Crippen molar-refractivity contribution in [1.29, 1.82) is 0 Å². The van der Waals surface area contributed by atoms with Gasteiger partial charge in [-0.1, -0.05) is 0 Å². The van der Waals surface area contributed by atoms with Gasteiger partial charge in [0.15, 0.2) is 5.13 Å². The van der Waals surface area contributed by atoms with E-state index in [0.717, 1.165) is 32.7 Å². The zero-order chi connectivity index (χ0) is 14.5. The Morgan fingerprint density at radius 1 is 1.40 bits per heavy atom. The van der Waals surface area contributed by atoms with Gasteiger partial charge in [-0.05, 0) is 13.8 Å². The lowest BCUT2D eigenvalue weighted by Gasteiger charge is -2.34. The molecule has 0 aliphatic carbocycles. The standard InChI is InChI=1S/C13H23N5OS/c1-10(2)16-12(19)9-18-5-3-17(4-6-18)8-11-7-15-13(14)20-11/h7,10H,3-6,8-9H2,1-2H3,(H2,14,15)(H,16,19). The van der Waals surface area contributed by atoms with Gasteiger partial charge in [0.25, 0.3) is 0 Å². The van der Waals surface area contributed by atoms with Crippen molar-refractivity contribution in [3.8, 4) is 0 Å². The Kier molecular flexibility index (Phi) is 5.33. The van der Waals surface area contributed by atoms with E-state index in [2.05, 4.69) is 20.1 Å². The van der Waals surface area contributed by atoms with E-state index in [1.807, 2.05) is 20.0 Å². The normalized spacial score (nSPS) is 17.6. The van der Waals surface area contributed by atoms with E-state index in [1.165, 1.54) is 4.88 Å². The largest absolute Gasteiger partial charge is 0.375 e. The molecular formula is C13H23N5OS. The molecule has 20 heavy (non-hydrogen) atoms. The van der Waals surface area contributed by atoms with Crippen LogP contribution in [0.4, 0.5) is 5.13 Å². The first-order valence-electron chi connectivity index (χ1n) is 6.97. The molecule has 112 valence electrons. The van der Waals surface area contributed by atoms with Crippen LogP contribution in [-0.4, -0.2) is 59.5 Å². The molecule has 0 aromatic carbocycles. The maximum absolute atomic E-state index is 11.7. The molecule has 3 N–H and O–H groups in total. The number of nitrogens with one attached hydrogen (secondary N) is 1. The van der Waals surface area contributed by atoms with Crippen molar-refractivity contribution >= 4 is 22.4 Å². The van der Waals surface area contributed by atoms with Gasteiger partial charge in [0.05, 0.1) is 6.54 Å². The quantitative estimate of drug-likeness (QED) is 0.821. The number of hydrogen-bond acceptors (Lipinski definition) is 6. The first kappa shape index (κ1) is 15.2. The Morgan fingerprint density at radius 2 is 2.05 bits per heavy atom. The minimum atomic E-state index is 0.115. The average Bonchev–Trinajstić information content (AvgIpc) is 2.76. The van der Waals surface area contributed by atoms with Gasteiger partial charge in [-0.25, -0.2) is 4.98 Å². The fraction of sp³-hybridized carbons (Fsp3) is 0.692. The van der Waals surface area contributed by atoms with Gasteiger partial charge in [-0.2, -0.15) is 0 Å². The van der Waals surface area contributed by atoms with Gasteiger partial charge >= 0.3 is 0 Å². The summed E-state index contributed by atoms with van der Waals surface area (Å²) in [5, 5.41) is 3.56. The van der Waals surface area contributed by atoms with Crippen molar-refractivity contribution in [2.24, 2.45) is 0 Å². The van der Waals surface area contributed by atoms with Gasteiger partial charge in [-0.15, -0.1) is 11.3 Å². The molecule has 1 amide bonds. The number of nitrogens with two attached hydrogens (primary N) is 1. The van der Waals surface area contributed by atoms with Crippen LogP contribution in [0.25, 0.3) is 0 Å². The van der Waals surface area contributed by atoms with E-state index in [0.29, 0.717) is 11.7 Å². The van der Waals surface area contributed by atoms with Crippen LogP contribution in [-0.2, 0) is 11.3 Å². The van der Waals surface area contributed by atoms with Crippen molar-refractivity contribution in [3.63, 3.8) is 0 Å². The molecule has 1 aromatic rings. The van der Waals surface area contributed by atoms with E-state index < -0.39 is 0 Å². The van der Waals surface area contributed by atoms with E-state index >= 15 is 0 Å². The predicted molar refractivity (Wildman–Crippen MR) is 81.5 cm³/mol. The van der Waals surface area contributed by atoms with E-state index in [-0.39, 0.29) is 11.9 Å². The number of carbonyl (C=O) groups excluding carboxylic acids is 1. The van der Waals surface area contributed by atoms with Crippen LogP contribution in [0.3, 0.4) is 0 Å². The summed E-state index contributed by atoms with van der Waals surface area (Å²) in [4.78, 5) is 21.6. The third-order valence-corrected chi connectivity index (χ3v) is 4.04. The summed E-state index contributed by atoms with van der Waals surface area (Å²) >= 11 is 1.55. The van der Waals surface area contributed by atoms with Gasteiger partial charge in [-0.3, -0.25) is 14.6 Å². The van der Waals surface area contributed by atoms with E-state index in [9.17, 15) is 4.79 Å². The van der Waals surface area contributed by atoms with Gasteiger partial charge in [0.2, 0.25) is 5.91 Å². The number of amides is 1. The molecular weight excluding hydrogens is 274 g/mol. The van der Waals surface area contributed by atoms with E-state index in [1.54, 1.807) is 11.3 Å². The molecule has 1 aliphatic rings. The third kappa shape index (κ3) is 4.73. The summed E-state index contributed by atoms with van der Waals surface area (Å²) in [5.41, 5.74) is 5.64. The van der Waals surface area contributed by atoms with Crippen LogP contribution in [0.2, 0.25) is 0 Å². The monoisotopic (exact) mass is 297 g/mol. The first-order chi connectivity index (χ1) is 9.52. The second-order valence-corrected chi connectivity index (χ2v) is 6.59. The predicted octanol–water partition coefficient (Wildman–Crippen LogP) is 0.368. The fourth-order valence-electron chi connectivity index (χ4n) is 2.29. The van der Waals surface area contributed by atoms with Crippen molar-refractivity contribution < 1.29 is 4.79 Å². The number of hydrogen-bond donors (Lipinski definition) is 2. The number of aromatic nitrogens is 1. The van der Waals surface area contributed by atoms with Crippen LogP contribution in [0.1, 0.15) is 18.7 Å². The number of nitrogen functional groups attached to an aromatic ring is 1. The number of anilines is 1. The van der Waals surface area contributed by atoms with Gasteiger partial charge in [0, 0.05) is 49.8 Å². The molecule has 0 bridgehead atoms. The molecule has 0 spiro atoms. The summed E-state index contributed by atoms with van der Waals surface area (Å²) in [5.74, 6) is 0.115. The molecule has 1 aliphatic heterocycles. The maximum Gasteiger partial charge on any atom is 0.234 e. The van der Waals surface area contributed by atoms with Crippen LogP contribution >= 0.6 is 11.3 Å². The average molecular weight is 297 g/mol. The SMILES string of the molecule is CC(C)NC(=O)CN1CCN(Cc2cnc(N)s2)CC1. The molecule has 2 rings (SSSR count). The molecule has 0 unspecified atom stereocenters. The highest BCUT2D eigenvalue weighted by Gasteiger charge is 2.19. The number of piperazine rings is 1. The molecule has 6 nitrogen and oxygen atoms in total. The van der Waals surface area contributed by atoms with Crippen LogP contribution in [0.15, 0.2) is 6.20 Å². The lowest BCUT2D eigenvalue weighted by molar-refractivity contribution is -0.123. The zero-order valence-electron chi connectivity index (χ0n) is 12.1. The van der Waals surface area contributed by atoms with Crippen LogP contribution in [0.5, 0.6) is 0 Å². The number of rotatable bonds is 5. The Bertz CT molecular complexity index is 440. The molecule has 1 aromatic heterocycles. The summed E-state index contributed by atoms with van der Waals surface area (Å²) in [6.07, 6.45) is 1.85. The minimum absolute atomic E-state index is 0.115. The molecule has 1 saturated heterocycles. The van der Waals surface area contributed by atoms with Crippen LogP contribution in [0, 0.1) is 0 Å². The smallest absolute Gasteiger partial charge is 0.234 e. The highest BCUT2D eigenvalue weighted by Crippen LogP contribution is 2.17. The highest BCUT2D eigenvalue weighted by molar-refractivity contribution is 7.15. The van der Waals surface area contributed by atoms with Gasteiger partial charge in [0.1, 0.15) is 0 Å². The second kappa shape index (κ2) is 7.01. The van der Waals surface area contributed by atoms with Crippen molar-refractivity contribution in [2.45, 2.75) is 26.4 Å². The summed E-state index contributed by atoms with van der Waals surface area (Å²) in [6.45, 7) is 9.19. The van der Waals surface area contributed by atoms with Crippen molar-refractivity contribution in [3.05, 3.63) is 11.1 Å².